The molecule has 5 heteroatoms. The molecule has 26 heavy (non-hydrogen) atoms. The van der Waals surface area contributed by atoms with Crippen LogP contribution in [-0.2, 0) is 22.4 Å². The van der Waals surface area contributed by atoms with Crippen molar-refractivity contribution in [1.29, 1.82) is 0 Å². The van der Waals surface area contributed by atoms with E-state index in [9.17, 15) is 9.59 Å². The van der Waals surface area contributed by atoms with Gasteiger partial charge in [0.2, 0.25) is 5.91 Å². The largest absolute Gasteiger partial charge is 0.459 e. The number of unbranched alkanes of at least 4 members (excludes halogenated alkanes) is 1. The van der Waals surface area contributed by atoms with E-state index in [0.29, 0.717) is 10.6 Å². The summed E-state index contributed by atoms with van der Waals surface area (Å²) in [6, 6.07) is 0. The zero-order valence-corrected chi connectivity index (χ0v) is 17.5. The number of thiophene rings is 1. The third-order valence-electron chi connectivity index (χ3n) is 4.97. The van der Waals surface area contributed by atoms with Crippen molar-refractivity contribution in [1.82, 2.24) is 0 Å². The predicted octanol–water partition coefficient (Wildman–Crippen LogP) is 5.74. The minimum absolute atomic E-state index is 0.00539. The average molecular weight is 380 g/mol. The minimum atomic E-state index is -0.295. The highest BCUT2D eigenvalue weighted by Gasteiger charge is 2.28. The van der Waals surface area contributed by atoms with Gasteiger partial charge in [-0.25, -0.2) is 4.79 Å². The van der Waals surface area contributed by atoms with Crippen LogP contribution in [0.25, 0.3) is 0 Å². The van der Waals surface area contributed by atoms with E-state index >= 15 is 0 Å². The normalized spacial score (nSPS) is 15.3. The zero-order valence-electron chi connectivity index (χ0n) is 16.7. The quantitative estimate of drug-likeness (QED) is 0.463. The maximum atomic E-state index is 12.8. The lowest BCUT2D eigenvalue weighted by molar-refractivity contribution is -0.120. The fourth-order valence-corrected chi connectivity index (χ4v) is 4.79. The molecule has 0 unspecified atom stereocenters. The molecule has 1 aromatic rings. The lowest BCUT2D eigenvalue weighted by atomic mass is 9.98. The molecule has 1 aromatic heterocycles. The van der Waals surface area contributed by atoms with Crippen LogP contribution in [0.2, 0.25) is 0 Å². The second-order valence-electron chi connectivity index (χ2n) is 7.46. The molecule has 1 N–H and O–H groups in total. The van der Waals surface area contributed by atoms with E-state index in [1.165, 1.54) is 11.3 Å². The van der Waals surface area contributed by atoms with Crippen LogP contribution in [0.4, 0.5) is 5.00 Å². The molecule has 0 fully saturated rings. The monoisotopic (exact) mass is 379 g/mol. The van der Waals surface area contributed by atoms with Crippen molar-refractivity contribution in [3.63, 3.8) is 0 Å². The lowest BCUT2D eigenvalue weighted by Crippen LogP contribution is -2.23. The van der Waals surface area contributed by atoms with E-state index in [4.69, 9.17) is 4.74 Å². The Bertz CT molecular complexity index is 621. The van der Waals surface area contributed by atoms with E-state index in [1.54, 1.807) is 11.3 Å². The molecule has 0 radical (unpaired) electrons. The van der Waals surface area contributed by atoms with Gasteiger partial charge >= 0.3 is 5.97 Å². The Balaban J connectivity index is 2.28. The molecule has 0 aliphatic heterocycles. The van der Waals surface area contributed by atoms with Crippen LogP contribution in [0, 0.1) is 5.92 Å². The van der Waals surface area contributed by atoms with Crippen LogP contribution in [0.5, 0.6) is 0 Å². The molecule has 0 spiro atoms. The fourth-order valence-electron chi connectivity index (χ4n) is 3.50. The smallest absolute Gasteiger partial charge is 0.341 e. The SMILES string of the molecule is CCCC[C@@H](CC)C(=O)Nc1sc2c(c1C(=O)OC(C)C)CCCCC2. The zero-order chi connectivity index (χ0) is 19.1. The van der Waals surface area contributed by atoms with E-state index in [0.717, 1.165) is 56.9 Å². The standard InChI is InChI=1S/C21H33NO3S/c1-5-7-11-15(6-2)19(23)22-20-18(21(24)25-14(3)4)16-12-9-8-10-13-17(16)26-20/h14-15H,5-13H2,1-4H3,(H,22,23)/t15-/m1/s1. The van der Waals surface area contributed by atoms with Crippen LogP contribution in [0.15, 0.2) is 0 Å². The summed E-state index contributed by atoms with van der Waals surface area (Å²) in [5.41, 5.74) is 1.72. The third-order valence-corrected chi connectivity index (χ3v) is 6.18. The summed E-state index contributed by atoms with van der Waals surface area (Å²) < 4.78 is 5.49. The molecule has 1 amide bonds. The first-order valence-electron chi connectivity index (χ1n) is 10.1. The van der Waals surface area contributed by atoms with Crippen molar-refractivity contribution in [2.75, 3.05) is 5.32 Å². The number of ether oxygens (including phenoxy) is 1. The highest BCUT2D eigenvalue weighted by Crippen LogP contribution is 2.38. The van der Waals surface area contributed by atoms with Gasteiger partial charge in [-0.3, -0.25) is 4.79 Å². The molecule has 0 aromatic carbocycles. The maximum Gasteiger partial charge on any atom is 0.341 e. The molecule has 0 saturated heterocycles. The van der Waals surface area contributed by atoms with Gasteiger partial charge in [-0.2, -0.15) is 0 Å². The van der Waals surface area contributed by atoms with Crippen molar-refractivity contribution >= 4 is 28.2 Å². The van der Waals surface area contributed by atoms with Gasteiger partial charge in [0, 0.05) is 10.8 Å². The van der Waals surface area contributed by atoms with Gasteiger partial charge in [0.15, 0.2) is 0 Å². The number of carbonyl (C=O) groups is 2. The van der Waals surface area contributed by atoms with Crippen LogP contribution in [-0.4, -0.2) is 18.0 Å². The summed E-state index contributed by atoms with van der Waals surface area (Å²) in [5, 5.41) is 3.78. The average Bonchev–Trinajstić information content (AvgIpc) is 2.76. The molecule has 0 bridgehead atoms. The molecule has 1 heterocycles. The number of anilines is 1. The summed E-state index contributed by atoms with van der Waals surface area (Å²) in [4.78, 5) is 26.8. The molecular formula is C21H33NO3S. The Morgan fingerprint density at radius 3 is 2.54 bits per heavy atom. The molecule has 1 atom stereocenters. The van der Waals surface area contributed by atoms with Gasteiger partial charge in [0.25, 0.3) is 0 Å². The van der Waals surface area contributed by atoms with E-state index in [1.807, 2.05) is 13.8 Å². The molecular weight excluding hydrogens is 346 g/mol. The van der Waals surface area contributed by atoms with Gasteiger partial charge in [-0.1, -0.05) is 33.1 Å². The summed E-state index contributed by atoms with van der Waals surface area (Å²) in [6.07, 6.45) is 9.01. The second-order valence-corrected chi connectivity index (χ2v) is 8.56. The van der Waals surface area contributed by atoms with Gasteiger partial charge in [-0.15, -0.1) is 11.3 Å². The fraction of sp³-hybridized carbons (Fsp3) is 0.714. The van der Waals surface area contributed by atoms with Gasteiger partial charge in [0.1, 0.15) is 5.00 Å². The number of amides is 1. The Morgan fingerprint density at radius 2 is 1.88 bits per heavy atom. The van der Waals surface area contributed by atoms with Crippen LogP contribution in [0.3, 0.4) is 0 Å². The number of fused-ring (bicyclic) bond motifs is 1. The van der Waals surface area contributed by atoms with Crippen molar-refractivity contribution in [3.8, 4) is 0 Å². The van der Waals surface area contributed by atoms with Crippen LogP contribution in [0.1, 0.15) is 93.4 Å². The first kappa shape index (κ1) is 20.9. The van der Waals surface area contributed by atoms with E-state index < -0.39 is 0 Å². The Labute approximate surface area is 161 Å². The van der Waals surface area contributed by atoms with E-state index in [-0.39, 0.29) is 23.9 Å². The van der Waals surface area contributed by atoms with Crippen LogP contribution >= 0.6 is 11.3 Å². The molecule has 4 nitrogen and oxygen atoms in total. The summed E-state index contributed by atoms with van der Waals surface area (Å²) in [5.74, 6) is -0.252. The second kappa shape index (κ2) is 10.1. The first-order valence-corrected chi connectivity index (χ1v) is 11.0. The lowest BCUT2D eigenvalue weighted by Gasteiger charge is -2.15. The number of nitrogens with one attached hydrogen (secondary N) is 1. The molecule has 2 rings (SSSR count). The minimum Gasteiger partial charge on any atom is -0.459 e. The van der Waals surface area contributed by atoms with Crippen molar-refractivity contribution < 1.29 is 14.3 Å². The Morgan fingerprint density at radius 1 is 1.15 bits per heavy atom. The van der Waals surface area contributed by atoms with E-state index in [2.05, 4.69) is 19.2 Å². The number of rotatable bonds is 8. The highest BCUT2D eigenvalue weighted by atomic mass is 32.1. The number of hydrogen-bond acceptors (Lipinski definition) is 4. The number of carbonyl (C=O) groups excluding carboxylic acids is 2. The van der Waals surface area contributed by atoms with Gasteiger partial charge < -0.3 is 10.1 Å². The number of hydrogen-bond donors (Lipinski definition) is 1. The summed E-state index contributed by atoms with van der Waals surface area (Å²) in [6.45, 7) is 7.91. The van der Waals surface area contributed by atoms with Crippen molar-refractivity contribution in [2.24, 2.45) is 5.92 Å². The van der Waals surface area contributed by atoms with Crippen LogP contribution < -0.4 is 5.32 Å². The van der Waals surface area contributed by atoms with Gasteiger partial charge in [-0.05, 0) is 57.9 Å². The Kier molecular flexibility index (Phi) is 8.14. The van der Waals surface area contributed by atoms with Crippen molar-refractivity contribution in [2.45, 2.75) is 91.6 Å². The molecule has 0 saturated carbocycles. The molecule has 1 aliphatic carbocycles. The highest BCUT2D eigenvalue weighted by molar-refractivity contribution is 7.17. The molecule has 146 valence electrons. The third kappa shape index (κ3) is 5.32. The summed E-state index contributed by atoms with van der Waals surface area (Å²) in [7, 11) is 0. The topological polar surface area (TPSA) is 55.4 Å². The number of aryl methyl sites for hydroxylation is 1. The number of esters is 1. The van der Waals surface area contributed by atoms with Gasteiger partial charge in [0.05, 0.1) is 11.7 Å². The molecule has 1 aliphatic rings. The Hall–Kier alpha value is -1.36. The summed E-state index contributed by atoms with van der Waals surface area (Å²) >= 11 is 1.58. The predicted molar refractivity (Wildman–Crippen MR) is 108 cm³/mol. The first-order chi connectivity index (χ1) is 12.5. The van der Waals surface area contributed by atoms with Crippen molar-refractivity contribution in [3.05, 3.63) is 16.0 Å². The maximum absolute atomic E-state index is 12.8.